The lowest BCUT2D eigenvalue weighted by Gasteiger charge is -1.97. The molecule has 0 atom stereocenters. The van der Waals surface area contributed by atoms with Crippen molar-refractivity contribution < 1.29 is 4.79 Å². The van der Waals surface area contributed by atoms with Crippen molar-refractivity contribution in [2.24, 2.45) is 0 Å². The average molecular weight is 272 g/mol. The average Bonchev–Trinajstić information content (AvgIpc) is 2.79. The van der Waals surface area contributed by atoms with Gasteiger partial charge in [0.1, 0.15) is 0 Å². The van der Waals surface area contributed by atoms with Gasteiger partial charge >= 0.3 is 0 Å². The van der Waals surface area contributed by atoms with Crippen molar-refractivity contribution in [2.75, 3.05) is 0 Å². The fraction of sp³-hybridized carbons (Fsp3) is 0.538. The molecule has 0 aliphatic rings. The number of hydrogen-bond donors (Lipinski definition) is 0. The van der Waals surface area contributed by atoms with E-state index < -0.39 is 0 Å². The first kappa shape index (κ1) is 14.4. The maximum Gasteiger partial charge on any atom is 0.221 e. The molecule has 0 unspecified atom stereocenters. The topological polar surface area (TPSA) is 30.0 Å². The van der Waals surface area contributed by atoms with Gasteiger partial charge in [-0.15, -0.1) is 11.3 Å². The number of halogens is 1. The van der Waals surface area contributed by atoms with Crippen LogP contribution in [0.4, 0.5) is 0 Å². The summed E-state index contributed by atoms with van der Waals surface area (Å²) in [4.78, 5) is 15.7. The van der Waals surface area contributed by atoms with Crippen LogP contribution in [-0.4, -0.2) is 10.2 Å². The standard InChI is InChI=1S/C13H18ClNOS/c14-13(16)9-7-5-3-1-2-4-6-8-12-10-15-11-17-12/h6,8,10-11H,1-5,7,9H2/b8-6+. The Morgan fingerprint density at radius 2 is 2.06 bits per heavy atom. The number of aromatic nitrogens is 1. The summed E-state index contributed by atoms with van der Waals surface area (Å²) >= 11 is 6.91. The van der Waals surface area contributed by atoms with Crippen molar-refractivity contribution in [3.8, 4) is 0 Å². The molecule has 1 rings (SSSR count). The van der Waals surface area contributed by atoms with Crippen LogP contribution < -0.4 is 0 Å². The molecule has 4 heteroatoms. The van der Waals surface area contributed by atoms with Gasteiger partial charge < -0.3 is 0 Å². The SMILES string of the molecule is O=C(Cl)CCCCCCC/C=C/c1cncs1. The molecule has 17 heavy (non-hydrogen) atoms. The van der Waals surface area contributed by atoms with Crippen LogP contribution in [0.3, 0.4) is 0 Å². The fourth-order valence-corrected chi connectivity index (χ4v) is 2.24. The molecule has 94 valence electrons. The molecule has 0 aliphatic carbocycles. The van der Waals surface area contributed by atoms with Gasteiger partial charge in [-0.25, -0.2) is 0 Å². The molecule has 0 saturated heterocycles. The van der Waals surface area contributed by atoms with Gasteiger partial charge in [0.15, 0.2) is 0 Å². The van der Waals surface area contributed by atoms with Gasteiger partial charge in [0.05, 0.1) is 5.51 Å². The lowest BCUT2D eigenvalue weighted by Crippen LogP contribution is -1.86. The van der Waals surface area contributed by atoms with E-state index in [0.29, 0.717) is 6.42 Å². The zero-order valence-electron chi connectivity index (χ0n) is 9.90. The summed E-state index contributed by atoms with van der Waals surface area (Å²) < 4.78 is 0. The molecule has 0 bridgehead atoms. The van der Waals surface area contributed by atoms with E-state index in [9.17, 15) is 4.79 Å². The van der Waals surface area contributed by atoms with Crippen LogP contribution in [0.1, 0.15) is 49.8 Å². The number of hydrogen-bond acceptors (Lipinski definition) is 3. The van der Waals surface area contributed by atoms with Gasteiger partial charge in [-0.2, -0.15) is 0 Å². The Morgan fingerprint density at radius 3 is 2.76 bits per heavy atom. The Labute approximate surface area is 112 Å². The molecule has 0 spiro atoms. The highest BCUT2D eigenvalue weighted by molar-refractivity contribution is 7.10. The zero-order valence-corrected chi connectivity index (χ0v) is 11.5. The van der Waals surface area contributed by atoms with Gasteiger partial charge in [-0.1, -0.05) is 25.3 Å². The molecule has 0 amide bonds. The van der Waals surface area contributed by atoms with Crippen molar-refractivity contribution in [1.29, 1.82) is 0 Å². The van der Waals surface area contributed by atoms with Gasteiger partial charge in [-0.05, 0) is 36.9 Å². The van der Waals surface area contributed by atoms with Crippen LogP contribution in [0.2, 0.25) is 0 Å². The Balaban J connectivity index is 1.89. The predicted molar refractivity (Wildman–Crippen MR) is 74.3 cm³/mol. The van der Waals surface area contributed by atoms with E-state index in [-0.39, 0.29) is 5.24 Å². The van der Waals surface area contributed by atoms with E-state index >= 15 is 0 Å². The smallest absolute Gasteiger partial charge is 0.221 e. The monoisotopic (exact) mass is 271 g/mol. The summed E-state index contributed by atoms with van der Waals surface area (Å²) in [5.41, 5.74) is 1.85. The van der Waals surface area contributed by atoms with Gasteiger partial charge in [0.2, 0.25) is 5.24 Å². The van der Waals surface area contributed by atoms with Gasteiger partial charge in [-0.3, -0.25) is 9.78 Å². The van der Waals surface area contributed by atoms with Crippen LogP contribution in [0.25, 0.3) is 6.08 Å². The largest absolute Gasteiger partial charge is 0.281 e. The minimum absolute atomic E-state index is 0.211. The van der Waals surface area contributed by atoms with Gasteiger partial charge in [0, 0.05) is 17.5 Å². The first-order valence-electron chi connectivity index (χ1n) is 6.02. The highest BCUT2D eigenvalue weighted by atomic mass is 35.5. The molecule has 2 nitrogen and oxygen atoms in total. The van der Waals surface area contributed by atoms with E-state index in [4.69, 9.17) is 11.6 Å². The molecule has 1 aromatic rings. The molecular weight excluding hydrogens is 254 g/mol. The lowest BCUT2D eigenvalue weighted by molar-refractivity contribution is -0.111. The fourth-order valence-electron chi connectivity index (χ4n) is 1.56. The van der Waals surface area contributed by atoms with E-state index in [1.54, 1.807) is 11.3 Å². The highest BCUT2D eigenvalue weighted by Gasteiger charge is 1.95. The minimum Gasteiger partial charge on any atom is -0.281 e. The van der Waals surface area contributed by atoms with Crippen LogP contribution >= 0.6 is 22.9 Å². The second-order valence-electron chi connectivity index (χ2n) is 3.97. The molecule has 0 aliphatic heterocycles. The zero-order chi connectivity index (χ0) is 12.3. The first-order chi connectivity index (χ1) is 8.29. The second-order valence-corrected chi connectivity index (χ2v) is 5.31. The Morgan fingerprint density at radius 1 is 1.29 bits per heavy atom. The summed E-state index contributed by atoms with van der Waals surface area (Å²) in [7, 11) is 0. The normalized spacial score (nSPS) is 11.1. The molecule has 0 N–H and O–H groups in total. The van der Waals surface area contributed by atoms with Gasteiger partial charge in [0.25, 0.3) is 0 Å². The number of nitrogens with zero attached hydrogens (tertiary/aromatic N) is 1. The van der Waals surface area contributed by atoms with Crippen LogP contribution in [-0.2, 0) is 4.79 Å². The molecule has 0 aromatic carbocycles. The van der Waals surface area contributed by atoms with Crippen molar-refractivity contribution in [1.82, 2.24) is 4.98 Å². The number of carbonyl (C=O) groups is 1. The molecule has 0 saturated carbocycles. The summed E-state index contributed by atoms with van der Waals surface area (Å²) in [5.74, 6) is 0. The molecule has 0 radical (unpaired) electrons. The number of unbranched alkanes of at least 4 members (excludes halogenated alkanes) is 5. The van der Waals surface area contributed by atoms with Crippen molar-refractivity contribution >= 4 is 34.3 Å². The van der Waals surface area contributed by atoms with E-state index in [0.717, 1.165) is 19.3 Å². The maximum absolute atomic E-state index is 10.5. The number of rotatable bonds is 9. The third-order valence-electron chi connectivity index (χ3n) is 2.48. The summed E-state index contributed by atoms with van der Waals surface area (Å²) in [6.07, 6.45) is 13.5. The van der Waals surface area contributed by atoms with Crippen LogP contribution in [0, 0.1) is 0 Å². The van der Waals surface area contributed by atoms with Crippen molar-refractivity contribution in [3.05, 3.63) is 22.7 Å². The van der Waals surface area contributed by atoms with E-state index in [1.807, 2.05) is 11.7 Å². The number of carbonyl (C=O) groups excluding carboxylic acids is 1. The number of allylic oxidation sites excluding steroid dienone is 1. The molecule has 0 fully saturated rings. The summed E-state index contributed by atoms with van der Waals surface area (Å²) in [5, 5.41) is -0.211. The summed E-state index contributed by atoms with van der Waals surface area (Å²) in [6, 6.07) is 0. The van der Waals surface area contributed by atoms with E-state index in [2.05, 4.69) is 17.1 Å². The van der Waals surface area contributed by atoms with Crippen LogP contribution in [0.15, 0.2) is 17.8 Å². The van der Waals surface area contributed by atoms with Crippen molar-refractivity contribution in [2.45, 2.75) is 44.9 Å². The predicted octanol–water partition coefficient (Wildman–Crippen LogP) is 4.65. The van der Waals surface area contributed by atoms with Crippen LogP contribution in [0.5, 0.6) is 0 Å². The van der Waals surface area contributed by atoms with Crippen molar-refractivity contribution in [3.63, 3.8) is 0 Å². The lowest BCUT2D eigenvalue weighted by atomic mass is 10.1. The first-order valence-corrected chi connectivity index (χ1v) is 7.28. The Bertz CT molecular complexity index is 335. The second kappa shape index (κ2) is 9.37. The highest BCUT2D eigenvalue weighted by Crippen LogP contribution is 2.11. The third kappa shape index (κ3) is 8.11. The Kier molecular flexibility index (Phi) is 7.93. The maximum atomic E-state index is 10.5. The molecule has 1 aromatic heterocycles. The molecule has 1 heterocycles. The number of thiazole rings is 1. The van der Waals surface area contributed by atoms with E-state index in [1.165, 1.54) is 24.1 Å². The third-order valence-corrected chi connectivity index (χ3v) is 3.41. The minimum atomic E-state index is -0.211. The Hall–Kier alpha value is -0.670. The quantitative estimate of drug-likeness (QED) is 0.483. The molecular formula is C13H18ClNOS. The summed E-state index contributed by atoms with van der Waals surface area (Å²) in [6.45, 7) is 0.